The van der Waals surface area contributed by atoms with Gasteiger partial charge in [-0.15, -0.1) is 0 Å². The van der Waals surface area contributed by atoms with E-state index in [2.05, 4.69) is 10.6 Å². The van der Waals surface area contributed by atoms with Gasteiger partial charge in [-0.25, -0.2) is 4.79 Å². The largest absolute Gasteiger partial charge is 0.444 e. The maximum Gasteiger partial charge on any atom is 0.408 e. The second-order valence-electron chi connectivity index (χ2n) is 10.8. The molecule has 0 heterocycles. The van der Waals surface area contributed by atoms with Gasteiger partial charge in [0.05, 0.1) is 6.61 Å². The zero-order chi connectivity index (χ0) is 27.1. The fourth-order valence-electron chi connectivity index (χ4n) is 3.70. The lowest BCUT2D eigenvalue weighted by Crippen LogP contribution is -2.59. The minimum absolute atomic E-state index is 0.286. The smallest absolute Gasteiger partial charge is 0.408 e. The summed E-state index contributed by atoms with van der Waals surface area (Å²) >= 11 is 0. The van der Waals surface area contributed by atoms with Crippen molar-refractivity contribution in [2.24, 2.45) is 0 Å². The molecule has 0 aliphatic rings. The van der Waals surface area contributed by atoms with Crippen molar-refractivity contribution in [3.63, 3.8) is 0 Å². The number of rotatable bonds is 8. The topological polar surface area (TPSA) is 108 Å². The van der Waals surface area contributed by atoms with E-state index >= 15 is 0 Å². The molecule has 0 aliphatic carbocycles. The van der Waals surface area contributed by atoms with Crippen LogP contribution in [-0.2, 0) is 20.9 Å². The van der Waals surface area contributed by atoms with Crippen LogP contribution >= 0.6 is 0 Å². The molecule has 8 nitrogen and oxygen atoms in total. The molecular weight excluding hydrogens is 458 g/mol. The Kier molecular flexibility index (Phi) is 9.64. The van der Waals surface area contributed by atoms with Gasteiger partial charge in [0.1, 0.15) is 17.7 Å². The Morgan fingerprint density at radius 2 is 1.53 bits per heavy atom. The lowest BCUT2D eigenvalue weighted by atomic mass is 9.95. The number of hydrogen-bond acceptors (Lipinski definition) is 5. The lowest BCUT2D eigenvalue weighted by molar-refractivity contribution is -0.149. The van der Waals surface area contributed by atoms with Gasteiger partial charge in [0.15, 0.2) is 0 Å². The minimum atomic E-state index is -1.30. The second-order valence-corrected chi connectivity index (χ2v) is 10.8. The molecule has 0 aliphatic heterocycles. The average molecular weight is 498 g/mol. The summed E-state index contributed by atoms with van der Waals surface area (Å²) in [5.74, 6) is -0.976. The Bertz CT molecular complexity index is 1020. The average Bonchev–Trinajstić information content (AvgIpc) is 2.78. The summed E-state index contributed by atoms with van der Waals surface area (Å²) in [6.07, 6.45) is -0.829. The molecule has 2 atom stereocenters. The van der Waals surface area contributed by atoms with E-state index in [9.17, 15) is 19.5 Å². The van der Waals surface area contributed by atoms with Crippen molar-refractivity contribution in [1.82, 2.24) is 15.5 Å². The van der Waals surface area contributed by atoms with Gasteiger partial charge in [0.25, 0.3) is 0 Å². The Hall–Kier alpha value is -3.39. The first-order valence-electron chi connectivity index (χ1n) is 12.0. The van der Waals surface area contributed by atoms with E-state index < -0.39 is 41.8 Å². The normalized spacial score (nSPS) is 13.3. The summed E-state index contributed by atoms with van der Waals surface area (Å²) in [7, 11) is 0. The lowest BCUT2D eigenvalue weighted by Gasteiger charge is -2.42. The summed E-state index contributed by atoms with van der Waals surface area (Å²) in [4.78, 5) is 41.2. The highest BCUT2D eigenvalue weighted by atomic mass is 16.6. The van der Waals surface area contributed by atoms with Crippen LogP contribution in [0.15, 0.2) is 54.6 Å². The van der Waals surface area contributed by atoms with Gasteiger partial charge in [-0.05, 0) is 59.6 Å². The summed E-state index contributed by atoms with van der Waals surface area (Å²) < 4.78 is 5.27. The van der Waals surface area contributed by atoms with Gasteiger partial charge in [0, 0.05) is 12.1 Å². The number of aliphatic hydroxyl groups excluding tert-OH is 1. The van der Waals surface area contributed by atoms with Crippen molar-refractivity contribution in [3.8, 4) is 0 Å². The number of alkyl carbamates (subject to hydrolysis) is 1. The molecule has 0 bridgehead atoms. The van der Waals surface area contributed by atoms with Crippen molar-refractivity contribution in [2.45, 2.75) is 78.2 Å². The molecule has 36 heavy (non-hydrogen) atoms. The van der Waals surface area contributed by atoms with E-state index in [0.29, 0.717) is 5.56 Å². The van der Waals surface area contributed by atoms with Crippen LogP contribution in [0.1, 0.15) is 64.3 Å². The zero-order valence-electron chi connectivity index (χ0n) is 22.3. The highest BCUT2D eigenvalue weighted by molar-refractivity contribution is 5.92. The van der Waals surface area contributed by atoms with Crippen molar-refractivity contribution < 1.29 is 24.2 Å². The third kappa shape index (κ3) is 8.37. The molecule has 0 saturated heterocycles. The van der Waals surface area contributed by atoms with Gasteiger partial charge in [-0.1, -0.05) is 60.2 Å². The molecule has 8 heteroatoms. The standard InChI is InChI=1S/C28H39N3O5/c1-19-13-15-21(16-14-19)23(24(33)29-17-20-11-9-8-10-12-20)31(27(2,3)4)25(34)22(18-32)30-26(35)36-28(5,6)7/h8-16,22-23,32H,17-18H2,1-7H3,(H,29,33)(H,30,35). The van der Waals surface area contributed by atoms with Crippen molar-refractivity contribution in [3.05, 3.63) is 71.3 Å². The van der Waals surface area contributed by atoms with Crippen molar-refractivity contribution >= 4 is 17.9 Å². The maximum atomic E-state index is 13.8. The Balaban J connectivity index is 2.44. The third-order valence-corrected chi connectivity index (χ3v) is 5.34. The fraction of sp³-hybridized carbons (Fsp3) is 0.464. The zero-order valence-corrected chi connectivity index (χ0v) is 22.3. The number of carbonyl (C=O) groups excluding carboxylic acids is 3. The molecule has 2 unspecified atom stereocenters. The van der Waals surface area contributed by atoms with Crippen LogP contribution in [0.3, 0.4) is 0 Å². The molecule has 0 radical (unpaired) electrons. The Morgan fingerprint density at radius 3 is 2.03 bits per heavy atom. The first kappa shape index (κ1) is 28.8. The quantitative estimate of drug-likeness (QED) is 0.513. The Morgan fingerprint density at radius 1 is 0.944 bits per heavy atom. The van der Waals surface area contributed by atoms with Gasteiger partial charge < -0.3 is 25.4 Å². The van der Waals surface area contributed by atoms with Crippen LogP contribution < -0.4 is 10.6 Å². The molecule has 2 aromatic carbocycles. The first-order valence-corrected chi connectivity index (χ1v) is 12.0. The first-order chi connectivity index (χ1) is 16.7. The molecule has 2 aromatic rings. The Labute approximate surface area is 214 Å². The maximum absolute atomic E-state index is 13.8. The predicted molar refractivity (Wildman–Crippen MR) is 139 cm³/mol. The summed E-state index contributed by atoms with van der Waals surface area (Å²) in [5.41, 5.74) is 0.930. The summed E-state index contributed by atoms with van der Waals surface area (Å²) in [6, 6.07) is 14.5. The molecule has 0 saturated carbocycles. The molecule has 196 valence electrons. The number of benzene rings is 2. The van der Waals surface area contributed by atoms with Gasteiger partial charge in [-0.3, -0.25) is 9.59 Å². The number of aryl methyl sites for hydroxylation is 1. The number of nitrogens with one attached hydrogen (secondary N) is 2. The van der Waals surface area contributed by atoms with Gasteiger partial charge in [0.2, 0.25) is 11.8 Å². The van der Waals surface area contributed by atoms with Crippen LogP contribution in [0.5, 0.6) is 0 Å². The number of ether oxygens (including phenoxy) is 1. The van der Waals surface area contributed by atoms with E-state index in [1.165, 1.54) is 4.90 Å². The van der Waals surface area contributed by atoms with Crippen LogP contribution in [0, 0.1) is 6.92 Å². The molecule has 3 amide bonds. The summed E-state index contributed by atoms with van der Waals surface area (Å²) in [6.45, 7) is 12.1. The number of aliphatic hydroxyl groups is 1. The number of hydrogen-bond donors (Lipinski definition) is 3. The van der Waals surface area contributed by atoms with Gasteiger partial charge in [-0.2, -0.15) is 0 Å². The van der Waals surface area contributed by atoms with E-state index in [0.717, 1.165) is 11.1 Å². The number of amides is 3. The minimum Gasteiger partial charge on any atom is -0.444 e. The number of nitrogens with zero attached hydrogens (tertiary/aromatic N) is 1. The van der Waals surface area contributed by atoms with E-state index in [1.54, 1.807) is 41.5 Å². The fourth-order valence-corrected chi connectivity index (χ4v) is 3.70. The van der Waals surface area contributed by atoms with Crippen molar-refractivity contribution in [1.29, 1.82) is 0 Å². The van der Waals surface area contributed by atoms with E-state index in [-0.39, 0.29) is 12.5 Å². The van der Waals surface area contributed by atoms with Gasteiger partial charge >= 0.3 is 6.09 Å². The molecule has 0 aromatic heterocycles. The van der Waals surface area contributed by atoms with Crippen LogP contribution in [0.4, 0.5) is 4.79 Å². The van der Waals surface area contributed by atoms with Crippen molar-refractivity contribution in [2.75, 3.05) is 6.61 Å². The van der Waals surface area contributed by atoms with Crippen LogP contribution in [-0.4, -0.2) is 51.7 Å². The van der Waals surface area contributed by atoms with Crippen LogP contribution in [0.25, 0.3) is 0 Å². The van der Waals surface area contributed by atoms with Crippen LogP contribution in [0.2, 0.25) is 0 Å². The van der Waals surface area contributed by atoms with E-state index in [1.807, 2.05) is 61.5 Å². The SMILES string of the molecule is Cc1ccc(C(C(=O)NCc2ccccc2)N(C(=O)C(CO)NC(=O)OC(C)(C)C)C(C)(C)C)cc1. The molecule has 0 spiro atoms. The number of carbonyl (C=O) groups is 3. The predicted octanol–water partition coefficient (Wildman–Crippen LogP) is 3.87. The highest BCUT2D eigenvalue weighted by Gasteiger charge is 2.41. The highest BCUT2D eigenvalue weighted by Crippen LogP contribution is 2.30. The molecular formula is C28H39N3O5. The molecule has 0 fully saturated rings. The van der Waals surface area contributed by atoms with E-state index in [4.69, 9.17) is 4.74 Å². The monoisotopic (exact) mass is 497 g/mol. The summed E-state index contributed by atoms with van der Waals surface area (Å²) in [5, 5.41) is 15.4. The molecule has 3 N–H and O–H groups in total. The molecule has 2 rings (SSSR count). The second kappa shape index (κ2) is 12.0. The third-order valence-electron chi connectivity index (χ3n) is 5.34.